The Hall–Kier alpha value is -1.79. The van der Waals surface area contributed by atoms with Crippen molar-refractivity contribution in [3.8, 4) is 0 Å². The molecule has 0 fully saturated rings. The molecule has 0 aliphatic heterocycles. The lowest BCUT2D eigenvalue weighted by molar-refractivity contribution is 0.146. The summed E-state index contributed by atoms with van der Waals surface area (Å²) in [6, 6.07) is 6.11. The van der Waals surface area contributed by atoms with Crippen LogP contribution in [0.1, 0.15) is 23.8 Å². The first-order chi connectivity index (χ1) is 9.20. The minimum Gasteiger partial charge on any atom is -0.396 e. The monoisotopic (exact) mass is 265 g/mol. The fraction of sp³-hybridized carbons (Fsp3) is 0.385. The van der Waals surface area contributed by atoms with Gasteiger partial charge in [0.1, 0.15) is 11.9 Å². The molecule has 1 unspecified atom stereocenters. The van der Waals surface area contributed by atoms with Crippen LogP contribution in [-0.4, -0.2) is 31.8 Å². The number of nitrogens with zero attached hydrogens (tertiary/aromatic N) is 3. The Labute approximate surface area is 110 Å². The largest absolute Gasteiger partial charge is 0.396 e. The van der Waals surface area contributed by atoms with Gasteiger partial charge in [-0.1, -0.05) is 23.4 Å². The standard InChI is InChI=1S/C13H16FN3O2/c14-12-6-2-1-5-11(12)13(19)9-17-8-10(15-16-17)4-3-7-18/h1-2,5-6,8,13,18-19H,3-4,7,9H2. The number of rotatable bonds is 6. The van der Waals surface area contributed by atoms with E-state index in [-0.39, 0.29) is 18.7 Å². The Morgan fingerprint density at radius 3 is 2.84 bits per heavy atom. The second-order valence-electron chi connectivity index (χ2n) is 4.30. The van der Waals surface area contributed by atoms with Crippen LogP contribution in [0, 0.1) is 5.82 Å². The van der Waals surface area contributed by atoms with Gasteiger partial charge in [0.2, 0.25) is 0 Å². The molecule has 1 aromatic heterocycles. The van der Waals surface area contributed by atoms with E-state index in [2.05, 4.69) is 10.3 Å². The van der Waals surface area contributed by atoms with Gasteiger partial charge in [0.15, 0.2) is 0 Å². The topological polar surface area (TPSA) is 71.2 Å². The Balaban J connectivity index is 2.01. The summed E-state index contributed by atoms with van der Waals surface area (Å²) in [7, 11) is 0. The van der Waals surface area contributed by atoms with Crippen LogP contribution in [0.2, 0.25) is 0 Å². The summed E-state index contributed by atoms with van der Waals surface area (Å²) < 4.78 is 15.0. The Kier molecular flexibility index (Phi) is 4.59. The highest BCUT2D eigenvalue weighted by Gasteiger charge is 2.13. The van der Waals surface area contributed by atoms with Gasteiger partial charge in [-0.25, -0.2) is 9.07 Å². The molecule has 102 valence electrons. The lowest BCUT2D eigenvalue weighted by Crippen LogP contribution is -2.10. The van der Waals surface area contributed by atoms with E-state index in [1.54, 1.807) is 24.4 Å². The molecule has 2 N–H and O–H groups in total. The van der Waals surface area contributed by atoms with Crippen LogP contribution in [0.3, 0.4) is 0 Å². The molecule has 0 amide bonds. The van der Waals surface area contributed by atoms with E-state index < -0.39 is 11.9 Å². The number of aryl methyl sites for hydroxylation is 1. The van der Waals surface area contributed by atoms with Crippen molar-refractivity contribution in [3.63, 3.8) is 0 Å². The highest BCUT2D eigenvalue weighted by molar-refractivity contribution is 5.19. The summed E-state index contributed by atoms with van der Waals surface area (Å²) in [6.07, 6.45) is 1.98. The van der Waals surface area contributed by atoms with Crippen molar-refractivity contribution in [2.45, 2.75) is 25.5 Å². The first-order valence-corrected chi connectivity index (χ1v) is 6.13. The maximum atomic E-state index is 13.5. The second-order valence-corrected chi connectivity index (χ2v) is 4.30. The zero-order valence-corrected chi connectivity index (χ0v) is 10.4. The summed E-state index contributed by atoms with van der Waals surface area (Å²) >= 11 is 0. The fourth-order valence-electron chi connectivity index (χ4n) is 1.82. The van der Waals surface area contributed by atoms with Gasteiger partial charge in [-0.15, -0.1) is 5.10 Å². The number of halogens is 1. The molecule has 5 nitrogen and oxygen atoms in total. The average molecular weight is 265 g/mol. The lowest BCUT2D eigenvalue weighted by atomic mass is 10.1. The second kappa shape index (κ2) is 6.40. The van der Waals surface area contributed by atoms with E-state index in [0.717, 1.165) is 5.69 Å². The van der Waals surface area contributed by atoms with Crippen LogP contribution < -0.4 is 0 Å². The molecular formula is C13H16FN3O2. The number of aliphatic hydroxyl groups excluding tert-OH is 2. The van der Waals surface area contributed by atoms with Gasteiger partial charge < -0.3 is 10.2 Å². The minimum atomic E-state index is -0.964. The predicted molar refractivity (Wildman–Crippen MR) is 66.8 cm³/mol. The Bertz CT molecular complexity index is 530. The number of hydrogen-bond acceptors (Lipinski definition) is 4. The lowest BCUT2D eigenvalue weighted by Gasteiger charge is -2.11. The van der Waals surface area contributed by atoms with Gasteiger partial charge in [-0.05, 0) is 18.9 Å². The SMILES string of the molecule is OCCCc1cn(CC(O)c2ccccc2F)nn1. The van der Waals surface area contributed by atoms with Gasteiger partial charge in [0.05, 0.1) is 12.2 Å². The van der Waals surface area contributed by atoms with E-state index in [0.29, 0.717) is 12.8 Å². The highest BCUT2D eigenvalue weighted by Crippen LogP contribution is 2.18. The number of aromatic nitrogens is 3. The van der Waals surface area contributed by atoms with Crippen molar-refractivity contribution in [2.75, 3.05) is 6.61 Å². The van der Waals surface area contributed by atoms with E-state index in [1.807, 2.05) is 0 Å². The van der Waals surface area contributed by atoms with Crippen LogP contribution >= 0.6 is 0 Å². The van der Waals surface area contributed by atoms with E-state index in [9.17, 15) is 9.50 Å². The number of hydrogen-bond donors (Lipinski definition) is 2. The predicted octanol–water partition coefficient (Wildman–Crippen LogP) is 1.08. The van der Waals surface area contributed by atoms with Crippen LogP contribution in [-0.2, 0) is 13.0 Å². The van der Waals surface area contributed by atoms with Gasteiger partial charge in [0.25, 0.3) is 0 Å². The molecule has 2 rings (SSSR count). The summed E-state index contributed by atoms with van der Waals surface area (Å²) in [6.45, 7) is 0.248. The molecule has 1 heterocycles. The van der Waals surface area contributed by atoms with Crippen LogP contribution in [0.5, 0.6) is 0 Å². The van der Waals surface area contributed by atoms with Gasteiger partial charge in [-0.2, -0.15) is 0 Å². The third-order valence-corrected chi connectivity index (χ3v) is 2.80. The van der Waals surface area contributed by atoms with Crippen molar-refractivity contribution in [2.24, 2.45) is 0 Å². The molecule has 19 heavy (non-hydrogen) atoms. The molecular weight excluding hydrogens is 249 g/mol. The molecule has 0 saturated heterocycles. The Morgan fingerprint density at radius 2 is 2.11 bits per heavy atom. The van der Waals surface area contributed by atoms with E-state index >= 15 is 0 Å². The van der Waals surface area contributed by atoms with E-state index in [4.69, 9.17) is 5.11 Å². The molecule has 6 heteroatoms. The maximum Gasteiger partial charge on any atom is 0.129 e. The molecule has 1 aromatic carbocycles. The first-order valence-electron chi connectivity index (χ1n) is 6.13. The zero-order chi connectivity index (χ0) is 13.7. The van der Waals surface area contributed by atoms with Crippen LogP contribution in [0.4, 0.5) is 4.39 Å². The highest BCUT2D eigenvalue weighted by atomic mass is 19.1. The van der Waals surface area contributed by atoms with Gasteiger partial charge in [0, 0.05) is 18.4 Å². The molecule has 2 aromatic rings. The molecule has 0 saturated carbocycles. The maximum absolute atomic E-state index is 13.5. The normalized spacial score (nSPS) is 12.6. The summed E-state index contributed by atoms with van der Waals surface area (Å²) in [4.78, 5) is 0. The Morgan fingerprint density at radius 1 is 1.32 bits per heavy atom. The number of aliphatic hydroxyl groups is 2. The van der Waals surface area contributed by atoms with Gasteiger partial charge in [-0.3, -0.25) is 0 Å². The quantitative estimate of drug-likeness (QED) is 0.819. The van der Waals surface area contributed by atoms with Crippen molar-refractivity contribution in [1.29, 1.82) is 0 Å². The van der Waals surface area contributed by atoms with Gasteiger partial charge >= 0.3 is 0 Å². The molecule has 0 aliphatic carbocycles. The molecule has 0 spiro atoms. The molecule has 0 aliphatic rings. The van der Waals surface area contributed by atoms with Crippen molar-refractivity contribution in [3.05, 3.63) is 47.5 Å². The van der Waals surface area contributed by atoms with Crippen LogP contribution in [0.15, 0.2) is 30.5 Å². The van der Waals surface area contributed by atoms with Crippen LogP contribution in [0.25, 0.3) is 0 Å². The third-order valence-electron chi connectivity index (χ3n) is 2.80. The van der Waals surface area contributed by atoms with Crippen molar-refractivity contribution < 1.29 is 14.6 Å². The molecule has 0 bridgehead atoms. The van der Waals surface area contributed by atoms with E-state index in [1.165, 1.54) is 10.7 Å². The summed E-state index contributed by atoms with van der Waals surface area (Å²) in [5.74, 6) is -0.435. The summed E-state index contributed by atoms with van der Waals surface area (Å²) in [5.41, 5.74) is 0.990. The first kappa shape index (κ1) is 13.6. The summed E-state index contributed by atoms with van der Waals surface area (Å²) in [5, 5.41) is 26.5. The molecule has 0 radical (unpaired) electrons. The average Bonchev–Trinajstić information content (AvgIpc) is 2.84. The zero-order valence-electron chi connectivity index (χ0n) is 10.4. The minimum absolute atomic E-state index is 0.102. The van der Waals surface area contributed by atoms with Crippen molar-refractivity contribution >= 4 is 0 Å². The van der Waals surface area contributed by atoms with Crippen molar-refractivity contribution in [1.82, 2.24) is 15.0 Å². The molecule has 1 atom stereocenters. The smallest absolute Gasteiger partial charge is 0.129 e. The number of benzene rings is 1. The third kappa shape index (κ3) is 3.59. The fourth-order valence-corrected chi connectivity index (χ4v) is 1.82.